The fourth-order valence-electron chi connectivity index (χ4n) is 2.12. The van der Waals surface area contributed by atoms with Crippen molar-refractivity contribution in [3.8, 4) is 0 Å². The lowest BCUT2D eigenvalue weighted by Crippen LogP contribution is -2.46. The largest absolute Gasteiger partial charge is 0.298 e. The van der Waals surface area contributed by atoms with Gasteiger partial charge in [0.2, 0.25) is 0 Å². The van der Waals surface area contributed by atoms with Gasteiger partial charge in [-0.3, -0.25) is 9.69 Å². The van der Waals surface area contributed by atoms with Gasteiger partial charge in [-0.05, 0) is 65.4 Å². The number of Topliss-reactive ketones (excluding diaryl/α,β-unsaturated/α-hetero) is 1. The standard InChI is InChI=1S/C16H25NO/c1-11-8-12(2)14(13(3)9-11)10-15(18)16(4,5)17(6)7/h8-9H,10H2,1-7H3. The summed E-state index contributed by atoms with van der Waals surface area (Å²) in [6.07, 6.45) is 0.517. The average molecular weight is 247 g/mol. The third kappa shape index (κ3) is 2.99. The Balaban J connectivity index is 3.03. The van der Waals surface area contributed by atoms with Crippen LogP contribution in [0.4, 0.5) is 0 Å². The average Bonchev–Trinajstić information content (AvgIpc) is 2.22. The van der Waals surface area contributed by atoms with Crippen LogP contribution < -0.4 is 0 Å². The summed E-state index contributed by atoms with van der Waals surface area (Å²) >= 11 is 0. The molecule has 0 unspecified atom stereocenters. The van der Waals surface area contributed by atoms with Crippen molar-refractivity contribution in [1.29, 1.82) is 0 Å². The van der Waals surface area contributed by atoms with Gasteiger partial charge < -0.3 is 0 Å². The summed E-state index contributed by atoms with van der Waals surface area (Å²) in [5, 5.41) is 0. The van der Waals surface area contributed by atoms with Crippen molar-refractivity contribution < 1.29 is 4.79 Å². The first-order chi connectivity index (χ1) is 8.16. The number of benzene rings is 1. The number of hydrogen-bond acceptors (Lipinski definition) is 2. The van der Waals surface area contributed by atoms with Crippen molar-refractivity contribution in [3.05, 3.63) is 34.4 Å². The highest BCUT2D eigenvalue weighted by Crippen LogP contribution is 2.21. The van der Waals surface area contributed by atoms with Crippen molar-refractivity contribution in [1.82, 2.24) is 4.90 Å². The molecule has 0 amide bonds. The normalized spacial score (nSPS) is 12.0. The van der Waals surface area contributed by atoms with Gasteiger partial charge in [0.1, 0.15) is 0 Å². The number of carbonyl (C=O) groups is 1. The quantitative estimate of drug-likeness (QED) is 0.815. The Morgan fingerprint density at radius 3 is 1.94 bits per heavy atom. The summed E-state index contributed by atoms with van der Waals surface area (Å²) in [5.41, 5.74) is 4.46. The Morgan fingerprint density at radius 1 is 1.11 bits per heavy atom. The lowest BCUT2D eigenvalue weighted by atomic mass is 9.88. The van der Waals surface area contributed by atoms with Gasteiger partial charge in [-0.1, -0.05) is 17.7 Å². The third-order valence-corrected chi connectivity index (χ3v) is 3.98. The minimum atomic E-state index is -0.413. The Kier molecular flexibility index (Phi) is 4.33. The topological polar surface area (TPSA) is 20.3 Å². The van der Waals surface area contributed by atoms with Crippen LogP contribution >= 0.6 is 0 Å². The number of hydrogen-bond donors (Lipinski definition) is 0. The van der Waals surface area contributed by atoms with Crippen LogP contribution in [0.25, 0.3) is 0 Å². The van der Waals surface area contributed by atoms with Crippen molar-refractivity contribution in [2.75, 3.05) is 14.1 Å². The van der Waals surface area contributed by atoms with Gasteiger partial charge in [0.25, 0.3) is 0 Å². The molecule has 0 N–H and O–H groups in total. The number of likely N-dealkylation sites (N-methyl/N-ethyl adjacent to an activating group) is 1. The van der Waals surface area contributed by atoms with Crippen molar-refractivity contribution in [3.63, 3.8) is 0 Å². The molecule has 0 heterocycles. The fraction of sp³-hybridized carbons (Fsp3) is 0.562. The molecular weight excluding hydrogens is 222 g/mol. The van der Waals surface area contributed by atoms with Gasteiger partial charge in [0.05, 0.1) is 5.54 Å². The molecule has 1 rings (SSSR count). The fourth-order valence-corrected chi connectivity index (χ4v) is 2.12. The highest BCUT2D eigenvalue weighted by molar-refractivity contribution is 5.89. The van der Waals surface area contributed by atoms with E-state index in [4.69, 9.17) is 0 Å². The SMILES string of the molecule is Cc1cc(C)c(CC(=O)C(C)(C)N(C)C)c(C)c1. The second-order valence-corrected chi connectivity index (χ2v) is 5.93. The molecule has 2 nitrogen and oxygen atoms in total. The Bertz CT molecular complexity index is 435. The molecule has 18 heavy (non-hydrogen) atoms. The van der Waals surface area contributed by atoms with Crippen LogP contribution in [0.1, 0.15) is 36.1 Å². The molecule has 0 spiro atoms. The zero-order valence-corrected chi connectivity index (χ0v) is 12.7. The van der Waals surface area contributed by atoms with Crippen LogP contribution in [-0.4, -0.2) is 30.3 Å². The second kappa shape index (κ2) is 5.23. The van der Waals surface area contributed by atoms with Crippen LogP contribution in [-0.2, 0) is 11.2 Å². The lowest BCUT2D eigenvalue weighted by Gasteiger charge is -2.31. The molecule has 0 fully saturated rings. The summed E-state index contributed by atoms with van der Waals surface area (Å²) < 4.78 is 0. The smallest absolute Gasteiger partial charge is 0.156 e. The van der Waals surface area contributed by atoms with Gasteiger partial charge in [-0.15, -0.1) is 0 Å². The Morgan fingerprint density at radius 2 is 1.56 bits per heavy atom. The van der Waals surface area contributed by atoms with Gasteiger partial charge >= 0.3 is 0 Å². The van der Waals surface area contributed by atoms with E-state index in [1.54, 1.807) is 0 Å². The maximum absolute atomic E-state index is 12.4. The molecule has 0 aliphatic rings. The second-order valence-electron chi connectivity index (χ2n) is 5.93. The Hall–Kier alpha value is -1.15. The van der Waals surface area contributed by atoms with Crippen LogP contribution in [0, 0.1) is 20.8 Å². The predicted octanol–water partition coefficient (Wildman–Crippen LogP) is 3.06. The van der Waals surface area contributed by atoms with Gasteiger partial charge in [0, 0.05) is 6.42 Å². The van der Waals surface area contributed by atoms with Crippen molar-refractivity contribution >= 4 is 5.78 Å². The maximum Gasteiger partial charge on any atom is 0.156 e. The molecule has 100 valence electrons. The first-order valence-electron chi connectivity index (χ1n) is 6.43. The molecule has 0 radical (unpaired) electrons. The molecule has 2 heteroatoms. The lowest BCUT2D eigenvalue weighted by molar-refractivity contribution is -0.127. The summed E-state index contributed by atoms with van der Waals surface area (Å²) in [5.74, 6) is 0.266. The molecule has 0 atom stereocenters. The molecule has 0 bridgehead atoms. The van der Waals surface area contributed by atoms with Crippen LogP contribution in [0.5, 0.6) is 0 Å². The first-order valence-corrected chi connectivity index (χ1v) is 6.43. The predicted molar refractivity (Wildman–Crippen MR) is 77.1 cm³/mol. The number of carbonyl (C=O) groups excluding carboxylic acids is 1. The third-order valence-electron chi connectivity index (χ3n) is 3.98. The van der Waals surface area contributed by atoms with E-state index in [1.807, 2.05) is 32.8 Å². The minimum Gasteiger partial charge on any atom is -0.298 e. The van der Waals surface area contributed by atoms with E-state index in [-0.39, 0.29) is 5.78 Å². The number of aryl methyl sites for hydroxylation is 3. The molecular formula is C16H25NO. The van der Waals surface area contributed by atoms with Crippen LogP contribution in [0.3, 0.4) is 0 Å². The molecule has 1 aromatic carbocycles. The summed E-state index contributed by atoms with van der Waals surface area (Å²) in [4.78, 5) is 14.4. The zero-order valence-electron chi connectivity index (χ0n) is 12.7. The van der Waals surface area contributed by atoms with E-state index in [0.717, 1.165) is 0 Å². The maximum atomic E-state index is 12.4. The van der Waals surface area contributed by atoms with Crippen LogP contribution in [0.2, 0.25) is 0 Å². The van der Waals surface area contributed by atoms with E-state index < -0.39 is 5.54 Å². The highest BCUT2D eigenvalue weighted by Gasteiger charge is 2.30. The number of ketones is 1. The Labute approximate surface area is 111 Å². The molecule has 0 saturated carbocycles. The highest BCUT2D eigenvalue weighted by atomic mass is 16.1. The molecule has 0 aromatic heterocycles. The summed E-state index contributed by atoms with van der Waals surface area (Å²) in [6, 6.07) is 4.30. The van der Waals surface area contributed by atoms with Gasteiger partial charge in [0.15, 0.2) is 5.78 Å². The molecule has 0 saturated heterocycles. The van der Waals surface area contributed by atoms with Gasteiger partial charge in [-0.2, -0.15) is 0 Å². The van der Waals surface area contributed by atoms with E-state index in [0.29, 0.717) is 6.42 Å². The summed E-state index contributed by atoms with van der Waals surface area (Å²) in [7, 11) is 3.90. The van der Waals surface area contributed by atoms with Crippen LogP contribution in [0.15, 0.2) is 12.1 Å². The molecule has 0 aliphatic carbocycles. The van der Waals surface area contributed by atoms with Crippen molar-refractivity contribution in [2.24, 2.45) is 0 Å². The molecule has 0 aliphatic heterocycles. The van der Waals surface area contributed by atoms with Crippen molar-refractivity contribution in [2.45, 2.75) is 46.6 Å². The van der Waals surface area contributed by atoms with E-state index >= 15 is 0 Å². The van der Waals surface area contributed by atoms with E-state index in [1.165, 1.54) is 22.3 Å². The van der Waals surface area contributed by atoms with E-state index in [9.17, 15) is 4.79 Å². The first kappa shape index (κ1) is 14.9. The zero-order chi connectivity index (χ0) is 14.1. The van der Waals surface area contributed by atoms with Gasteiger partial charge in [-0.25, -0.2) is 0 Å². The minimum absolute atomic E-state index is 0.266. The molecule has 1 aromatic rings. The monoisotopic (exact) mass is 247 g/mol. The van der Waals surface area contributed by atoms with E-state index in [2.05, 4.69) is 32.9 Å². The number of rotatable bonds is 4. The number of nitrogens with zero attached hydrogens (tertiary/aromatic N) is 1. The summed E-state index contributed by atoms with van der Waals surface area (Å²) in [6.45, 7) is 10.2.